The molecule has 2 aliphatic rings. The van der Waals surface area contributed by atoms with Crippen LogP contribution in [0.5, 0.6) is 5.75 Å². The van der Waals surface area contributed by atoms with Crippen LogP contribution in [0.3, 0.4) is 0 Å². The van der Waals surface area contributed by atoms with E-state index in [0.29, 0.717) is 5.56 Å². The molecule has 3 aromatic rings. The van der Waals surface area contributed by atoms with E-state index in [1.807, 2.05) is 71.6 Å². The summed E-state index contributed by atoms with van der Waals surface area (Å²) in [6.07, 6.45) is 0.823. The summed E-state index contributed by atoms with van der Waals surface area (Å²) in [5.41, 5.74) is 4.68. The number of hydrogen-bond acceptors (Lipinski definition) is 3. The lowest BCUT2D eigenvalue weighted by atomic mass is 10.00. The highest BCUT2D eigenvalue weighted by Gasteiger charge is 2.34. The number of para-hydroxylation sites is 2. The van der Waals surface area contributed by atoms with Crippen molar-refractivity contribution >= 4 is 17.3 Å². The molecule has 0 aliphatic carbocycles. The van der Waals surface area contributed by atoms with Gasteiger partial charge in [-0.3, -0.25) is 9.69 Å². The number of carbonyl (C=O) groups is 1. The Bertz CT molecular complexity index is 1020. The van der Waals surface area contributed by atoms with Crippen molar-refractivity contribution in [1.29, 1.82) is 0 Å². The topological polar surface area (TPSA) is 41.6 Å². The molecule has 0 bridgehead atoms. The van der Waals surface area contributed by atoms with Crippen molar-refractivity contribution in [2.45, 2.75) is 25.6 Å². The third-order valence-electron chi connectivity index (χ3n) is 5.20. The molecule has 0 aromatic heterocycles. The third-order valence-corrected chi connectivity index (χ3v) is 5.20. The largest absolute Gasteiger partial charge is 0.490 e. The summed E-state index contributed by atoms with van der Waals surface area (Å²) >= 11 is 0. The van der Waals surface area contributed by atoms with Crippen LogP contribution in [-0.2, 0) is 6.42 Å². The number of amides is 1. The molecule has 4 heteroatoms. The Hall–Kier alpha value is -3.27. The molecule has 0 radical (unpaired) electrons. The number of anilines is 2. The van der Waals surface area contributed by atoms with Gasteiger partial charge in [0.05, 0.1) is 5.56 Å². The Balaban J connectivity index is 1.63. The molecule has 4 nitrogen and oxygen atoms in total. The van der Waals surface area contributed by atoms with Crippen LogP contribution in [0.25, 0.3) is 0 Å². The third kappa shape index (κ3) is 2.65. The van der Waals surface area contributed by atoms with E-state index in [4.69, 9.17) is 4.74 Å². The summed E-state index contributed by atoms with van der Waals surface area (Å²) in [4.78, 5) is 15.2. The molecule has 1 N–H and O–H groups in total. The molecule has 2 unspecified atom stereocenters. The van der Waals surface area contributed by atoms with E-state index in [2.05, 4.69) is 18.3 Å². The van der Waals surface area contributed by atoms with Gasteiger partial charge < -0.3 is 10.1 Å². The van der Waals surface area contributed by atoms with Crippen molar-refractivity contribution in [1.82, 2.24) is 0 Å². The Morgan fingerprint density at radius 1 is 1.00 bits per heavy atom. The average molecular weight is 356 g/mol. The van der Waals surface area contributed by atoms with E-state index >= 15 is 0 Å². The molecular weight excluding hydrogens is 336 g/mol. The van der Waals surface area contributed by atoms with Crippen molar-refractivity contribution in [3.8, 4) is 5.75 Å². The van der Waals surface area contributed by atoms with Crippen LogP contribution in [0.15, 0.2) is 72.8 Å². The number of ether oxygens (including phenoxy) is 1. The highest BCUT2D eigenvalue weighted by atomic mass is 16.5. The van der Waals surface area contributed by atoms with E-state index in [0.717, 1.165) is 29.1 Å². The SMILES string of the molecule is CC1Cc2cc(C3Nc4ccccc4C(=O)N3c3ccccc3)ccc2O1. The highest BCUT2D eigenvalue weighted by Crippen LogP contribution is 2.38. The van der Waals surface area contributed by atoms with Crippen LogP contribution in [0.1, 0.15) is 34.6 Å². The summed E-state index contributed by atoms with van der Waals surface area (Å²) in [5, 5.41) is 3.56. The average Bonchev–Trinajstić information content (AvgIpc) is 3.07. The minimum Gasteiger partial charge on any atom is -0.490 e. The molecule has 2 aliphatic heterocycles. The molecule has 27 heavy (non-hydrogen) atoms. The van der Waals surface area contributed by atoms with Crippen molar-refractivity contribution in [2.75, 3.05) is 10.2 Å². The summed E-state index contributed by atoms with van der Waals surface area (Å²) in [6, 6.07) is 23.7. The normalized spacial score (nSPS) is 20.5. The van der Waals surface area contributed by atoms with Gasteiger partial charge in [0.25, 0.3) is 5.91 Å². The number of nitrogens with zero attached hydrogens (tertiary/aromatic N) is 1. The highest BCUT2D eigenvalue weighted by molar-refractivity contribution is 6.12. The van der Waals surface area contributed by atoms with E-state index in [9.17, 15) is 4.79 Å². The van der Waals surface area contributed by atoms with Gasteiger partial charge in [-0.1, -0.05) is 36.4 Å². The fourth-order valence-electron chi connectivity index (χ4n) is 3.95. The second-order valence-electron chi connectivity index (χ2n) is 7.10. The molecule has 0 saturated heterocycles. The fraction of sp³-hybridized carbons (Fsp3) is 0.174. The summed E-state index contributed by atoms with van der Waals surface area (Å²) in [6.45, 7) is 2.08. The maximum Gasteiger partial charge on any atom is 0.262 e. The fourth-order valence-corrected chi connectivity index (χ4v) is 3.95. The molecule has 0 spiro atoms. The van der Waals surface area contributed by atoms with Gasteiger partial charge in [-0.2, -0.15) is 0 Å². The molecule has 3 aromatic carbocycles. The van der Waals surface area contributed by atoms with E-state index < -0.39 is 0 Å². The molecule has 0 saturated carbocycles. The Morgan fingerprint density at radius 2 is 1.78 bits per heavy atom. The van der Waals surface area contributed by atoms with Gasteiger partial charge in [0.1, 0.15) is 18.0 Å². The summed E-state index contributed by atoms with van der Waals surface area (Å²) in [7, 11) is 0. The van der Waals surface area contributed by atoms with Crippen LogP contribution in [0.4, 0.5) is 11.4 Å². The molecule has 2 heterocycles. The maximum absolute atomic E-state index is 13.3. The van der Waals surface area contributed by atoms with E-state index in [1.54, 1.807) is 0 Å². The lowest BCUT2D eigenvalue weighted by Gasteiger charge is -2.38. The Morgan fingerprint density at radius 3 is 2.63 bits per heavy atom. The summed E-state index contributed by atoms with van der Waals surface area (Å²) < 4.78 is 5.84. The van der Waals surface area contributed by atoms with Crippen molar-refractivity contribution in [3.63, 3.8) is 0 Å². The number of rotatable bonds is 2. The summed E-state index contributed by atoms with van der Waals surface area (Å²) in [5.74, 6) is 0.950. The van der Waals surface area contributed by atoms with Crippen molar-refractivity contribution in [3.05, 3.63) is 89.5 Å². The lowest BCUT2D eigenvalue weighted by molar-refractivity contribution is 0.0975. The van der Waals surface area contributed by atoms with E-state index in [-0.39, 0.29) is 18.2 Å². The maximum atomic E-state index is 13.3. The molecule has 2 atom stereocenters. The van der Waals surface area contributed by atoms with Gasteiger partial charge in [-0.15, -0.1) is 0 Å². The monoisotopic (exact) mass is 356 g/mol. The number of hydrogen-bond donors (Lipinski definition) is 1. The molecule has 5 rings (SSSR count). The number of benzene rings is 3. The molecular formula is C23H20N2O2. The van der Waals surface area contributed by atoms with Crippen LogP contribution in [0.2, 0.25) is 0 Å². The first kappa shape index (κ1) is 15.9. The Kier molecular flexibility index (Phi) is 3.64. The minimum absolute atomic E-state index is 0.00525. The first-order valence-corrected chi connectivity index (χ1v) is 9.24. The predicted octanol–water partition coefficient (Wildman–Crippen LogP) is 4.78. The number of nitrogens with one attached hydrogen (secondary N) is 1. The zero-order valence-corrected chi connectivity index (χ0v) is 15.1. The second kappa shape index (κ2) is 6.16. The van der Waals surface area contributed by atoms with Crippen LogP contribution < -0.4 is 15.0 Å². The van der Waals surface area contributed by atoms with Gasteiger partial charge in [-0.05, 0) is 54.4 Å². The predicted molar refractivity (Wildman–Crippen MR) is 106 cm³/mol. The van der Waals surface area contributed by atoms with Crippen LogP contribution in [0, 0.1) is 0 Å². The van der Waals surface area contributed by atoms with Gasteiger partial charge in [0.2, 0.25) is 0 Å². The van der Waals surface area contributed by atoms with Crippen LogP contribution in [-0.4, -0.2) is 12.0 Å². The standard InChI is InChI=1S/C23H20N2O2/c1-15-13-17-14-16(11-12-21(17)27-15)22-24-20-10-6-5-9-19(20)23(26)25(22)18-7-3-2-4-8-18/h2-12,14-15,22,24H,13H2,1H3. The van der Waals surface area contributed by atoms with Gasteiger partial charge in [-0.25, -0.2) is 0 Å². The quantitative estimate of drug-likeness (QED) is 0.718. The van der Waals surface area contributed by atoms with E-state index in [1.165, 1.54) is 5.56 Å². The molecule has 1 amide bonds. The Labute approximate surface area is 158 Å². The first-order chi connectivity index (χ1) is 13.2. The lowest BCUT2D eigenvalue weighted by Crippen LogP contribution is -2.43. The minimum atomic E-state index is -0.268. The first-order valence-electron chi connectivity index (χ1n) is 9.24. The van der Waals surface area contributed by atoms with Crippen molar-refractivity contribution in [2.24, 2.45) is 0 Å². The van der Waals surface area contributed by atoms with Crippen molar-refractivity contribution < 1.29 is 9.53 Å². The molecule has 134 valence electrons. The van der Waals surface area contributed by atoms with Gasteiger partial charge in [0.15, 0.2) is 0 Å². The van der Waals surface area contributed by atoms with Crippen LogP contribution >= 0.6 is 0 Å². The number of fused-ring (bicyclic) bond motifs is 2. The second-order valence-corrected chi connectivity index (χ2v) is 7.10. The zero-order valence-electron chi connectivity index (χ0n) is 15.1. The zero-order chi connectivity index (χ0) is 18.4. The molecule has 0 fully saturated rings. The smallest absolute Gasteiger partial charge is 0.262 e. The number of carbonyl (C=O) groups excluding carboxylic acids is 1. The van der Waals surface area contributed by atoms with Gasteiger partial charge in [0, 0.05) is 17.8 Å². The van der Waals surface area contributed by atoms with Gasteiger partial charge >= 0.3 is 0 Å².